The summed E-state index contributed by atoms with van der Waals surface area (Å²) in [6.45, 7) is 13.9. The largest absolute Gasteiger partial charge is 0.470 e. The Hall–Kier alpha value is -2.57. The normalized spacial score (nSPS) is 17.8. The van der Waals surface area contributed by atoms with Gasteiger partial charge in [-0.1, -0.05) is 18.7 Å². The van der Waals surface area contributed by atoms with Crippen molar-refractivity contribution in [2.75, 3.05) is 13.1 Å². The molecule has 0 N–H and O–H groups in total. The predicted octanol–water partition coefficient (Wildman–Crippen LogP) is 5.21. The number of aromatic nitrogens is 2. The molecule has 1 fully saturated rings. The fraction of sp³-hybridized carbons (Fsp3) is 0.545. The topological polar surface area (TPSA) is 56.6 Å². The van der Waals surface area contributed by atoms with E-state index in [1.54, 1.807) is 36.2 Å². The van der Waals surface area contributed by atoms with E-state index >= 15 is 0 Å². The van der Waals surface area contributed by atoms with E-state index in [1.165, 1.54) is 6.08 Å². The van der Waals surface area contributed by atoms with E-state index in [-0.39, 0.29) is 12.1 Å². The van der Waals surface area contributed by atoms with Gasteiger partial charge in [0.1, 0.15) is 17.5 Å². The number of ether oxygens (including phenoxy) is 2. The van der Waals surface area contributed by atoms with Crippen molar-refractivity contribution in [1.82, 2.24) is 14.7 Å². The van der Waals surface area contributed by atoms with Gasteiger partial charge in [0.25, 0.3) is 0 Å². The highest BCUT2D eigenvalue weighted by molar-refractivity contribution is 5.68. The molecule has 0 radical (unpaired) electrons. The molecule has 1 unspecified atom stereocenters. The summed E-state index contributed by atoms with van der Waals surface area (Å²) in [7, 11) is 0. The van der Waals surface area contributed by atoms with E-state index in [9.17, 15) is 9.18 Å². The summed E-state index contributed by atoms with van der Waals surface area (Å²) in [5, 5.41) is 4.40. The molecule has 1 aromatic rings. The molecule has 1 aliphatic heterocycles. The van der Waals surface area contributed by atoms with Crippen molar-refractivity contribution in [2.45, 2.75) is 65.2 Å². The van der Waals surface area contributed by atoms with Gasteiger partial charge in [-0.05, 0) is 53.5 Å². The highest BCUT2D eigenvalue weighted by Crippen LogP contribution is 2.29. The molecule has 1 saturated heterocycles. The van der Waals surface area contributed by atoms with E-state index < -0.39 is 17.5 Å². The monoisotopic (exact) mass is 405 g/mol. The Balaban J connectivity index is 2.04. The van der Waals surface area contributed by atoms with Crippen LogP contribution in [0.2, 0.25) is 0 Å². The van der Waals surface area contributed by atoms with Crippen LogP contribution in [-0.4, -0.2) is 45.6 Å². The number of allylic oxidation sites excluding steroid dienone is 3. The molecule has 1 aromatic heterocycles. The van der Waals surface area contributed by atoms with Crippen LogP contribution in [0.15, 0.2) is 48.5 Å². The first-order chi connectivity index (χ1) is 13.7. The number of rotatable bonds is 6. The van der Waals surface area contributed by atoms with Gasteiger partial charge in [0.05, 0.1) is 12.2 Å². The average molecular weight is 406 g/mol. The lowest BCUT2D eigenvalue weighted by atomic mass is 10.1. The Kier molecular flexibility index (Phi) is 7.65. The molecule has 0 saturated carbocycles. The summed E-state index contributed by atoms with van der Waals surface area (Å²) in [5.74, 6) is 0.166. The second kappa shape index (κ2) is 9.76. The van der Waals surface area contributed by atoms with E-state index in [2.05, 4.69) is 11.7 Å². The molecule has 6 nitrogen and oxygen atoms in total. The van der Waals surface area contributed by atoms with Crippen molar-refractivity contribution in [3.8, 4) is 5.88 Å². The highest BCUT2D eigenvalue weighted by atomic mass is 19.1. The Morgan fingerprint density at radius 2 is 2.03 bits per heavy atom. The molecular formula is C22H32FN3O3. The van der Waals surface area contributed by atoms with E-state index in [0.717, 1.165) is 12.8 Å². The van der Waals surface area contributed by atoms with Crippen molar-refractivity contribution in [3.63, 3.8) is 0 Å². The van der Waals surface area contributed by atoms with Crippen molar-refractivity contribution in [2.24, 2.45) is 0 Å². The van der Waals surface area contributed by atoms with Crippen molar-refractivity contribution >= 4 is 6.09 Å². The molecule has 7 heteroatoms. The number of carbonyl (C=O) groups excluding carboxylic acids is 1. The first kappa shape index (κ1) is 22.7. The fourth-order valence-corrected chi connectivity index (χ4v) is 3.24. The highest BCUT2D eigenvalue weighted by Gasteiger charge is 2.29. The minimum atomic E-state index is -0.508. The smallest absolute Gasteiger partial charge is 0.410 e. The first-order valence-corrected chi connectivity index (χ1v) is 9.99. The first-order valence-electron chi connectivity index (χ1n) is 9.99. The van der Waals surface area contributed by atoms with Gasteiger partial charge in [0.15, 0.2) is 0 Å². The zero-order valence-corrected chi connectivity index (χ0v) is 18.0. The van der Waals surface area contributed by atoms with Gasteiger partial charge in [-0.15, -0.1) is 0 Å². The van der Waals surface area contributed by atoms with Crippen LogP contribution in [0.1, 0.15) is 53.5 Å². The van der Waals surface area contributed by atoms with Crippen molar-refractivity contribution in [1.29, 1.82) is 0 Å². The van der Waals surface area contributed by atoms with Crippen LogP contribution in [0.25, 0.3) is 0 Å². The third-order valence-electron chi connectivity index (χ3n) is 4.63. The molecule has 2 rings (SSSR count). The Morgan fingerprint density at radius 3 is 2.59 bits per heavy atom. The summed E-state index contributed by atoms with van der Waals surface area (Å²) in [6, 6.07) is 1.87. The summed E-state index contributed by atoms with van der Waals surface area (Å²) in [5.41, 5.74) is -0.0821. The third-order valence-corrected chi connectivity index (χ3v) is 4.63. The van der Waals surface area contributed by atoms with Crippen LogP contribution in [0.4, 0.5) is 9.18 Å². The van der Waals surface area contributed by atoms with Gasteiger partial charge in [-0.3, -0.25) is 0 Å². The maximum Gasteiger partial charge on any atom is 0.410 e. The van der Waals surface area contributed by atoms with Gasteiger partial charge < -0.3 is 14.4 Å². The molecule has 0 aliphatic carbocycles. The number of piperidine rings is 1. The minimum Gasteiger partial charge on any atom is -0.470 e. The van der Waals surface area contributed by atoms with Crippen molar-refractivity contribution in [3.05, 3.63) is 48.5 Å². The lowest BCUT2D eigenvalue weighted by molar-refractivity contribution is 0.0181. The summed E-state index contributed by atoms with van der Waals surface area (Å²) in [6.07, 6.45) is 6.99. The van der Waals surface area contributed by atoms with Gasteiger partial charge in [0.2, 0.25) is 5.88 Å². The van der Waals surface area contributed by atoms with Gasteiger partial charge in [-0.2, -0.15) is 5.10 Å². The molecule has 1 amide bonds. The molecule has 0 bridgehead atoms. The molecule has 2 heterocycles. The number of hydrogen-bond acceptors (Lipinski definition) is 4. The minimum absolute atomic E-state index is 0.101. The second-order valence-electron chi connectivity index (χ2n) is 8.08. The summed E-state index contributed by atoms with van der Waals surface area (Å²) < 4.78 is 27.4. The molecular weight excluding hydrogens is 373 g/mol. The molecule has 160 valence electrons. The number of hydrogen-bond donors (Lipinski definition) is 0. The predicted molar refractivity (Wildman–Crippen MR) is 112 cm³/mol. The van der Waals surface area contributed by atoms with Crippen molar-refractivity contribution < 1.29 is 18.7 Å². The second-order valence-corrected chi connectivity index (χ2v) is 8.08. The zero-order valence-electron chi connectivity index (χ0n) is 18.0. The standard InChI is InChI=1S/C22H32FN3O3/c1-7-9-18(19(23)8-2)16(3)28-20-10-13-24-26(20)17-11-14-25(15-12-17)21(27)29-22(4,5)6/h7-10,13,16-17H,2,11-12,14-15H2,1,3-6H3/b9-7-,19-18-. The lowest BCUT2D eigenvalue weighted by Crippen LogP contribution is -2.42. The summed E-state index contributed by atoms with van der Waals surface area (Å²) in [4.78, 5) is 14.0. The van der Waals surface area contributed by atoms with E-state index in [4.69, 9.17) is 9.47 Å². The van der Waals surface area contributed by atoms with Crippen LogP contribution in [0.3, 0.4) is 0 Å². The number of nitrogens with zero attached hydrogens (tertiary/aromatic N) is 3. The Labute approximate surface area is 172 Å². The summed E-state index contributed by atoms with van der Waals surface area (Å²) >= 11 is 0. The maximum absolute atomic E-state index is 14.1. The fourth-order valence-electron chi connectivity index (χ4n) is 3.24. The van der Waals surface area contributed by atoms with Gasteiger partial charge >= 0.3 is 6.09 Å². The maximum atomic E-state index is 14.1. The Bertz CT molecular complexity index is 769. The van der Waals surface area contributed by atoms with Gasteiger partial charge in [-0.25, -0.2) is 13.9 Å². The van der Waals surface area contributed by atoms with Crippen LogP contribution in [-0.2, 0) is 4.74 Å². The SMILES string of the molecule is C=C/C(F)=C(\C=C/C)C(C)Oc1ccnn1C1CCN(C(=O)OC(C)(C)C)CC1. The van der Waals surface area contributed by atoms with E-state index in [1.807, 2.05) is 32.4 Å². The van der Waals surface area contributed by atoms with Gasteiger partial charge in [0, 0.05) is 24.7 Å². The number of carbonyl (C=O) groups is 1. The number of likely N-dealkylation sites (tertiary alicyclic amines) is 1. The van der Waals surface area contributed by atoms with Crippen LogP contribution >= 0.6 is 0 Å². The number of halogens is 1. The van der Waals surface area contributed by atoms with Crippen LogP contribution in [0.5, 0.6) is 5.88 Å². The average Bonchev–Trinajstić information content (AvgIpc) is 3.12. The zero-order chi connectivity index (χ0) is 21.6. The van der Waals surface area contributed by atoms with E-state index in [0.29, 0.717) is 24.5 Å². The number of amides is 1. The van der Waals surface area contributed by atoms with Crippen LogP contribution in [0, 0.1) is 0 Å². The quantitative estimate of drug-likeness (QED) is 0.610. The molecule has 1 atom stereocenters. The molecule has 0 spiro atoms. The Morgan fingerprint density at radius 1 is 1.38 bits per heavy atom. The third kappa shape index (κ3) is 6.21. The molecule has 29 heavy (non-hydrogen) atoms. The lowest BCUT2D eigenvalue weighted by Gasteiger charge is -2.34. The molecule has 1 aliphatic rings. The van der Waals surface area contributed by atoms with Crippen LogP contribution < -0.4 is 4.74 Å². The molecule has 0 aromatic carbocycles.